The molecule has 0 saturated carbocycles. The van der Waals surface area contributed by atoms with Gasteiger partial charge in [-0.05, 0) is 42.0 Å². The zero-order chi connectivity index (χ0) is 21.3. The minimum atomic E-state index is -1.12. The number of hydrogen-bond acceptors (Lipinski definition) is 4. The summed E-state index contributed by atoms with van der Waals surface area (Å²) in [6, 6.07) is 19.6. The second kappa shape index (κ2) is 7.71. The second-order valence-corrected chi connectivity index (χ2v) is 6.77. The lowest BCUT2D eigenvalue weighted by atomic mass is 10.0. The summed E-state index contributed by atoms with van der Waals surface area (Å²) in [6.07, 6.45) is 0.351. The lowest BCUT2D eigenvalue weighted by Gasteiger charge is -2.15. The van der Waals surface area contributed by atoms with E-state index in [4.69, 9.17) is 4.74 Å². The minimum absolute atomic E-state index is 0.0666. The van der Waals surface area contributed by atoms with Crippen molar-refractivity contribution in [2.75, 3.05) is 5.01 Å². The van der Waals surface area contributed by atoms with Gasteiger partial charge in [-0.15, -0.1) is 0 Å². The lowest BCUT2D eigenvalue weighted by molar-refractivity contribution is -0.144. The van der Waals surface area contributed by atoms with Crippen molar-refractivity contribution in [3.05, 3.63) is 77.9 Å². The molecule has 3 aromatic carbocycles. The van der Waals surface area contributed by atoms with E-state index in [1.807, 2.05) is 30.3 Å². The normalized spacial score (nSPS) is 16.0. The van der Waals surface area contributed by atoms with Gasteiger partial charge in [0, 0.05) is 5.56 Å². The summed E-state index contributed by atoms with van der Waals surface area (Å²) < 4.78 is 5.61. The van der Waals surface area contributed by atoms with E-state index in [2.05, 4.69) is 5.43 Å². The molecule has 1 atom stereocenters. The van der Waals surface area contributed by atoms with E-state index in [1.165, 1.54) is 18.0 Å². The van der Waals surface area contributed by atoms with Crippen molar-refractivity contribution >= 4 is 40.3 Å². The molecule has 2 amide bonds. The van der Waals surface area contributed by atoms with Crippen molar-refractivity contribution < 1.29 is 24.2 Å². The first-order chi connectivity index (χ1) is 14.5. The minimum Gasteiger partial charge on any atom is -0.479 e. The van der Waals surface area contributed by atoms with Gasteiger partial charge in [-0.1, -0.05) is 48.5 Å². The van der Waals surface area contributed by atoms with Crippen LogP contribution in [-0.2, 0) is 14.4 Å². The van der Waals surface area contributed by atoms with Crippen LogP contribution in [0.5, 0.6) is 5.75 Å². The number of ether oxygens (including phenoxy) is 1. The number of rotatable bonds is 5. The Morgan fingerprint density at radius 2 is 1.73 bits per heavy atom. The number of carboxylic acids is 1. The number of carbonyl (C=O) groups is 3. The van der Waals surface area contributed by atoms with Crippen LogP contribution in [0, 0.1) is 0 Å². The number of aliphatic carboxylic acids is 1. The van der Waals surface area contributed by atoms with E-state index in [0.29, 0.717) is 11.3 Å². The number of amides is 2. The Morgan fingerprint density at radius 1 is 1.03 bits per heavy atom. The molecular weight excluding hydrogens is 384 g/mol. The van der Waals surface area contributed by atoms with Gasteiger partial charge in [0.2, 0.25) is 0 Å². The molecule has 0 aromatic heterocycles. The fourth-order valence-corrected chi connectivity index (χ4v) is 3.23. The van der Waals surface area contributed by atoms with Crippen LogP contribution >= 0.6 is 0 Å². The van der Waals surface area contributed by atoms with Gasteiger partial charge in [-0.3, -0.25) is 15.0 Å². The van der Waals surface area contributed by atoms with Crippen molar-refractivity contribution in [3.63, 3.8) is 0 Å². The molecule has 3 aromatic rings. The van der Waals surface area contributed by atoms with Crippen LogP contribution in [-0.4, -0.2) is 29.0 Å². The van der Waals surface area contributed by atoms with Crippen LogP contribution in [0.4, 0.5) is 5.69 Å². The van der Waals surface area contributed by atoms with Crippen LogP contribution < -0.4 is 15.2 Å². The molecule has 1 aliphatic heterocycles. The number of fused-ring (bicyclic) bond motifs is 1. The molecule has 150 valence electrons. The highest BCUT2D eigenvalue weighted by atomic mass is 16.5. The molecule has 1 aliphatic rings. The molecule has 2 N–H and O–H groups in total. The molecule has 4 rings (SSSR count). The molecule has 0 radical (unpaired) electrons. The molecule has 7 nitrogen and oxygen atoms in total. The fraction of sp³-hybridized carbons (Fsp3) is 0.0870. The molecule has 7 heteroatoms. The van der Waals surface area contributed by atoms with Crippen molar-refractivity contribution in [1.82, 2.24) is 5.43 Å². The van der Waals surface area contributed by atoms with Gasteiger partial charge >= 0.3 is 5.97 Å². The molecule has 0 unspecified atom stereocenters. The summed E-state index contributed by atoms with van der Waals surface area (Å²) in [7, 11) is 0. The number of para-hydroxylation sites is 1. The summed E-state index contributed by atoms with van der Waals surface area (Å²) in [5.74, 6) is -1.90. The van der Waals surface area contributed by atoms with Gasteiger partial charge in [0.15, 0.2) is 6.10 Å². The van der Waals surface area contributed by atoms with Crippen LogP contribution in [0.1, 0.15) is 12.5 Å². The lowest BCUT2D eigenvalue weighted by Crippen LogP contribution is -2.35. The van der Waals surface area contributed by atoms with Crippen molar-refractivity contribution in [2.45, 2.75) is 13.0 Å². The highest BCUT2D eigenvalue weighted by Gasteiger charge is 2.34. The maximum Gasteiger partial charge on any atom is 0.344 e. The number of hydrogen-bond donors (Lipinski definition) is 2. The monoisotopic (exact) mass is 402 g/mol. The van der Waals surface area contributed by atoms with Crippen LogP contribution in [0.15, 0.2) is 72.3 Å². The Morgan fingerprint density at radius 3 is 2.47 bits per heavy atom. The van der Waals surface area contributed by atoms with Crippen LogP contribution in [0.3, 0.4) is 0 Å². The standard InChI is InChI=1S/C23H18N2O5/c1-14(23(28)29)30-20-12-11-15-7-5-6-10-17(15)18(20)13-19-21(26)24-25(22(19)27)16-8-3-2-4-9-16/h2-14H,1H3,(H,24,26)(H,28,29)/b19-13-/t14-/m1/s1. The zero-order valence-corrected chi connectivity index (χ0v) is 16.0. The predicted molar refractivity (Wildman–Crippen MR) is 112 cm³/mol. The number of anilines is 1. The van der Waals surface area contributed by atoms with Gasteiger partial charge in [-0.2, -0.15) is 0 Å². The molecular formula is C23H18N2O5. The first-order valence-electron chi connectivity index (χ1n) is 9.29. The van der Waals surface area contributed by atoms with Gasteiger partial charge in [-0.25, -0.2) is 9.80 Å². The second-order valence-electron chi connectivity index (χ2n) is 6.77. The Labute approximate surface area is 172 Å². The van der Waals surface area contributed by atoms with Gasteiger partial charge in [0.25, 0.3) is 11.8 Å². The summed E-state index contributed by atoms with van der Waals surface area (Å²) in [6.45, 7) is 1.42. The van der Waals surface area contributed by atoms with E-state index in [0.717, 1.165) is 10.8 Å². The van der Waals surface area contributed by atoms with Gasteiger partial charge < -0.3 is 9.84 Å². The largest absolute Gasteiger partial charge is 0.479 e. The Balaban J connectivity index is 1.82. The first-order valence-corrected chi connectivity index (χ1v) is 9.29. The SMILES string of the molecule is C[C@@H](Oc1ccc2ccccc2c1/C=C1/C(=O)NN(c2ccccc2)C1=O)C(=O)O. The summed E-state index contributed by atoms with van der Waals surface area (Å²) in [4.78, 5) is 36.8. The number of benzene rings is 3. The fourth-order valence-electron chi connectivity index (χ4n) is 3.23. The molecule has 0 bridgehead atoms. The molecule has 1 fully saturated rings. The Bertz CT molecular complexity index is 1190. The van der Waals surface area contributed by atoms with Crippen LogP contribution in [0.2, 0.25) is 0 Å². The van der Waals surface area contributed by atoms with E-state index in [1.54, 1.807) is 36.4 Å². The molecule has 1 saturated heterocycles. The smallest absolute Gasteiger partial charge is 0.344 e. The number of carbonyl (C=O) groups excluding carboxylic acids is 2. The Hall–Kier alpha value is -4.13. The number of carboxylic acid groups (broad SMARTS) is 1. The molecule has 1 heterocycles. The maximum atomic E-state index is 12.9. The molecule has 30 heavy (non-hydrogen) atoms. The Kier molecular flexibility index (Phi) is 4.93. The summed E-state index contributed by atoms with van der Waals surface area (Å²) in [5.41, 5.74) is 3.49. The van der Waals surface area contributed by atoms with Gasteiger partial charge in [0.05, 0.1) is 5.69 Å². The highest BCUT2D eigenvalue weighted by molar-refractivity contribution is 6.32. The molecule has 0 spiro atoms. The molecule has 0 aliphatic carbocycles. The van der Waals surface area contributed by atoms with E-state index in [9.17, 15) is 19.5 Å². The quantitative estimate of drug-likeness (QED) is 0.505. The summed E-state index contributed by atoms with van der Waals surface area (Å²) >= 11 is 0. The maximum absolute atomic E-state index is 12.9. The number of hydrazine groups is 1. The van der Waals surface area contributed by atoms with E-state index < -0.39 is 23.9 Å². The van der Waals surface area contributed by atoms with Crippen LogP contribution in [0.25, 0.3) is 16.8 Å². The first kappa shape index (κ1) is 19.2. The summed E-state index contributed by atoms with van der Waals surface area (Å²) in [5, 5.41) is 12.0. The highest BCUT2D eigenvalue weighted by Crippen LogP contribution is 2.32. The average molecular weight is 402 g/mol. The number of nitrogens with one attached hydrogen (secondary N) is 1. The van der Waals surface area contributed by atoms with Gasteiger partial charge in [0.1, 0.15) is 11.3 Å². The predicted octanol–water partition coefficient (Wildman–Crippen LogP) is 3.15. The average Bonchev–Trinajstić information content (AvgIpc) is 3.04. The topological polar surface area (TPSA) is 95.9 Å². The zero-order valence-electron chi connectivity index (χ0n) is 16.0. The van der Waals surface area contributed by atoms with Crippen molar-refractivity contribution in [3.8, 4) is 5.75 Å². The van der Waals surface area contributed by atoms with E-state index >= 15 is 0 Å². The van der Waals surface area contributed by atoms with Crippen molar-refractivity contribution in [2.24, 2.45) is 0 Å². The number of nitrogens with zero attached hydrogens (tertiary/aromatic N) is 1. The third-order valence-corrected chi connectivity index (χ3v) is 4.78. The van der Waals surface area contributed by atoms with E-state index in [-0.39, 0.29) is 11.3 Å². The third-order valence-electron chi connectivity index (χ3n) is 4.78. The third kappa shape index (κ3) is 3.48. The van der Waals surface area contributed by atoms with Crippen molar-refractivity contribution in [1.29, 1.82) is 0 Å².